The topological polar surface area (TPSA) is 105 Å². The van der Waals surface area contributed by atoms with Crippen LogP contribution >= 0.6 is 0 Å². The van der Waals surface area contributed by atoms with Crippen LogP contribution in [0.3, 0.4) is 0 Å². The van der Waals surface area contributed by atoms with Crippen molar-refractivity contribution >= 4 is 23.6 Å². The number of benzene rings is 3. The van der Waals surface area contributed by atoms with Crippen LogP contribution in [0.5, 0.6) is 5.75 Å². The summed E-state index contributed by atoms with van der Waals surface area (Å²) in [6.07, 6.45) is -0.874. The molecule has 0 spiro atoms. The first-order valence-corrected chi connectivity index (χ1v) is 10.8. The number of nitrogens with one attached hydrogen (secondary N) is 3. The van der Waals surface area contributed by atoms with Gasteiger partial charge in [-0.2, -0.15) is 0 Å². The molecule has 0 heterocycles. The van der Waals surface area contributed by atoms with E-state index in [0.29, 0.717) is 11.1 Å². The summed E-state index contributed by atoms with van der Waals surface area (Å²) in [6, 6.07) is 21.6. The highest BCUT2D eigenvalue weighted by atomic mass is 16.6. The first-order valence-electron chi connectivity index (χ1n) is 10.8. The van der Waals surface area contributed by atoms with Gasteiger partial charge in [-0.3, -0.25) is 20.8 Å². The third-order valence-corrected chi connectivity index (χ3v) is 4.66. The number of carbonyl (C=O) groups excluding carboxylic acids is 2. The molecule has 8 nitrogen and oxygen atoms in total. The molecule has 0 atom stereocenters. The fourth-order valence-corrected chi connectivity index (χ4v) is 3.26. The lowest BCUT2D eigenvalue weighted by Crippen LogP contribution is -2.45. The molecule has 0 unspecified atom stereocenters. The SMILES string of the molecule is [C-]#[N+]c1ccc(OCc2ccccc2)c(C(=O)NC(=N)NC(=O)OC(C)(C)C)c1-c1ccccc1. The van der Waals surface area contributed by atoms with E-state index in [1.807, 2.05) is 36.4 Å². The Labute approximate surface area is 204 Å². The summed E-state index contributed by atoms with van der Waals surface area (Å²) >= 11 is 0. The maximum absolute atomic E-state index is 13.4. The van der Waals surface area contributed by atoms with Crippen LogP contribution in [0, 0.1) is 12.0 Å². The van der Waals surface area contributed by atoms with E-state index in [9.17, 15) is 9.59 Å². The van der Waals surface area contributed by atoms with E-state index in [4.69, 9.17) is 21.5 Å². The van der Waals surface area contributed by atoms with Gasteiger partial charge in [0.1, 0.15) is 18.0 Å². The van der Waals surface area contributed by atoms with E-state index in [1.54, 1.807) is 57.2 Å². The van der Waals surface area contributed by atoms with Crippen molar-refractivity contribution in [3.63, 3.8) is 0 Å². The minimum Gasteiger partial charge on any atom is -0.488 e. The van der Waals surface area contributed by atoms with E-state index in [0.717, 1.165) is 5.56 Å². The molecular weight excluding hydrogens is 444 g/mol. The van der Waals surface area contributed by atoms with Crippen molar-refractivity contribution in [2.45, 2.75) is 33.0 Å². The molecule has 3 aromatic carbocycles. The number of alkyl carbamates (subject to hydrolysis) is 1. The molecule has 3 N–H and O–H groups in total. The molecule has 0 aliphatic carbocycles. The zero-order valence-corrected chi connectivity index (χ0v) is 19.7. The third-order valence-electron chi connectivity index (χ3n) is 4.66. The number of ether oxygens (including phenoxy) is 2. The van der Waals surface area contributed by atoms with Crippen molar-refractivity contribution in [1.29, 1.82) is 5.41 Å². The summed E-state index contributed by atoms with van der Waals surface area (Å²) in [5.74, 6) is -1.04. The molecule has 0 radical (unpaired) electrons. The van der Waals surface area contributed by atoms with Crippen LogP contribution in [0.15, 0.2) is 72.8 Å². The smallest absolute Gasteiger partial charge is 0.414 e. The average molecular weight is 471 g/mol. The Balaban J connectivity index is 1.97. The highest BCUT2D eigenvalue weighted by Gasteiger charge is 2.24. The van der Waals surface area contributed by atoms with Crippen molar-refractivity contribution in [2.75, 3.05) is 0 Å². The largest absolute Gasteiger partial charge is 0.488 e. The van der Waals surface area contributed by atoms with Gasteiger partial charge >= 0.3 is 6.09 Å². The van der Waals surface area contributed by atoms with Gasteiger partial charge < -0.3 is 9.47 Å². The average Bonchev–Trinajstić information content (AvgIpc) is 2.81. The fraction of sp³-hybridized carbons (Fsp3) is 0.185. The van der Waals surface area contributed by atoms with Crippen molar-refractivity contribution in [2.24, 2.45) is 0 Å². The van der Waals surface area contributed by atoms with Gasteiger partial charge in [0.25, 0.3) is 5.91 Å². The van der Waals surface area contributed by atoms with Crippen LogP contribution in [0.4, 0.5) is 10.5 Å². The molecule has 0 saturated heterocycles. The summed E-state index contributed by atoms with van der Waals surface area (Å²) in [5, 5.41) is 12.6. The van der Waals surface area contributed by atoms with Crippen LogP contribution in [-0.2, 0) is 11.3 Å². The van der Waals surface area contributed by atoms with Gasteiger partial charge in [-0.1, -0.05) is 66.7 Å². The van der Waals surface area contributed by atoms with E-state index in [2.05, 4.69) is 15.5 Å². The predicted molar refractivity (Wildman–Crippen MR) is 133 cm³/mol. The molecule has 3 aromatic rings. The molecule has 0 fully saturated rings. The summed E-state index contributed by atoms with van der Waals surface area (Å²) in [5.41, 5.74) is 1.47. The standard InChI is InChI=1S/C27H26N4O4/c1-27(2,3)35-26(33)31-25(28)30-24(32)23-21(34-17-18-11-7-5-8-12-18)16-15-20(29-4)22(23)19-13-9-6-10-14-19/h5-16H,17H2,1-3H3,(H3,28,30,31,32,33). The van der Waals surface area contributed by atoms with E-state index >= 15 is 0 Å². The molecule has 0 bridgehead atoms. The minimum absolute atomic E-state index is 0.0800. The fourth-order valence-electron chi connectivity index (χ4n) is 3.26. The third kappa shape index (κ3) is 6.92. The van der Waals surface area contributed by atoms with Crippen molar-refractivity contribution in [3.05, 3.63) is 95.3 Å². The Kier molecular flexibility index (Phi) is 7.85. The Bertz CT molecular complexity index is 1260. The van der Waals surface area contributed by atoms with Crippen LogP contribution in [0.2, 0.25) is 0 Å². The maximum Gasteiger partial charge on any atom is 0.414 e. The van der Waals surface area contributed by atoms with Crippen LogP contribution < -0.4 is 15.4 Å². The molecule has 0 saturated carbocycles. The number of carbonyl (C=O) groups is 2. The van der Waals surface area contributed by atoms with E-state index < -0.39 is 23.6 Å². The zero-order valence-electron chi connectivity index (χ0n) is 19.7. The number of rotatable bonds is 5. The maximum atomic E-state index is 13.4. The summed E-state index contributed by atoms with van der Waals surface area (Å²) in [6.45, 7) is 12.9. The van der Waals surface area contributed by atoms with Gasteiger partial charge in [0.05, 0.1) is 12.1 Å². The van der Waals surface area contributed by atoms with Gasteiger partial charge in [-0.05, 0) is 38.0 Å². The Morgan fingerprint density at radius 3 is 2.17 bits per heavy atom. The lowest BCUT2D eigenvalue weighted by atomic mass is 9.96. The highest BCUT2D eigenvalue weighted by Crippen LogP contribution is 2.39. The molecule has 2 amide bonds. The molecule has 35 heavy (non-hydrogen) atoms. The Hall–Kier alpha value is -4.64. The van der Waals surface area contributed by atoms with Crippen molar-refractivity contribution in [1.82, 2.24) is 10.6 Å². The second-order valence-corrected chi connectivity index (χ2v) is 8.54. The van der Waals surface area contributed by atoms with Crippen molar-refractivity contribution < 1.29 is 19.1 Å². The highest BCUT2D eigenvalue weighted by molar-refractivity contribution is 6.13. The summed E-state index contributed by atoms with van der Waals surface area (Å²) < 4.78 is 11.1. The Morgan fingerprint density at radius 1 is 0.943 bits per heavy atom. The lowest BCUT2D eigenvalue weighted by Gasteiger charge is -2.20. The molecule has 0 aliphatic rings. The summed E-state index contributed by atoms with van der Waals surface area (Å²) in [7, 11) is 0. The molecule has 0 aliphatic heterocycles. The quantitative estimate of drug-likeness (QED) is 0.254. The van der Waals surface area contributed by atoms with E-state index in [-0.39, 0.29) is 23.6 Å². The number of hydrogen-bond donors (Lipinski definition) is 3. The molecule has 3 rings (SSSR count). The van der Waals surface area contributed by atoms with Crippen LogP contribution in [-0.4, -0.2) is 23.6 Å². The first kappa shape index (κ1) is 25.0. The second kappa shape index (κ2) is 11.0. The normalized spacial score (nSPS) is 10.6. The second-order valence-electron chi connectivity index (χ2n) is 8.54. The zero-order chi connectivity index (χ0) is 25.4. The number of hydrogen-bond acceptors (Lipinski definition) is 5. The van der Waals surface area contributed by atoms with Crippen LogP contribution in [0.1, 0.15) is 36.7 Å². The lowest BCUT2D eigenvalue weighted by molar-refractivity contribution is 0.0561. The monoisotopic (exact) mass is 470 g/mol. The first-order chi connectivity index (χ1) is 16.7. The number of guanidine groups is 1. The molecule has 8 heteroatoms. The van der Waals surface area contributed by atoms with Crippen molar-refractivity contribution in [3.8, 4) is 16.9 Å². The van der Waals surface area contributed by atoms with Gasteiger partial charge in [-0.25, -0.2) is 9.64 Å². The van der Waals surface area contributed by atoms with Gasteiger partial charge in [-0.15, -0.1) is 0 Å². The predicted octanol–water partition coefficient (Wildman–Crippen LogP) is 5.67. The van der Waals surface area contributed by atoms with E-state index in [1.165, 1.54) is 0 Å². The van der Waals surface area contributed by atoms with Gasteiger partial charge in [0.15, 0.2) is 5.69 Å². The minimum atomic E-state index is -0.874. The van der Waals surface area contributed by atoms with Crippen LogP contribution in [0.25, 0.3) is 16.0 Å². The Morgan fingerprint density at radius 2 is 1.57 bits per heavy atom. The number of amides is 2. The number of nitrogens with zero attached hydrogens (tertiary/aromatic N) is 1. The van der Waals surface area contributed by atoms with Gasteiger partial charge in [0.2, 0.25) is 5.96 Å². The molecular formula is C27H26N4O4. The van der Waals surface area contributed by atoms with Gasteiger partial charge in [0, 0.05) is 5.56 Å². The molecule has 178 valence electrons. The summed E-state index contributed by atoms with van der Waals surface area (Å²) in [4.78, 5) is 29.0. The molecule has 0 aromatic heterocycles.